The van der Waals surface area contributed by atoms with E-state index in [1.54, 1.807) is 22.9 Å². The summed E-state index contributed by atoms with van der Waals surface area (Å²) in [4.78, 5) is 25.0. The van der Waals surface area contributed by atoms with Gasteiger partial charge >= 0.3 is 0 Å². The quantitative estimate of drug-likeness (QED) is 0.139. The number of nitrogens with zero attached hydrogens (tertiary/aromatic N) is 3. The summed E-state index contributed by atoms with van der Waals surface area (Å²) in [7, 11) is 0. The van der Waals surface area contributed by atoms with Gasteiger partial charge in [-0.15, -0.1) is 5.10 Å². The average Bonchev–Trinajstić information content (AvgIpc) is 3.23. The van der Waals surface area contributed by atoms with Crippen molar-refractivity contribution in [3.8, 4) is 17.2 Å². The van der Waals surface area contributed by atoms with Crippen molar-refractivity contribution >= 4 is 34.1 Å². The van der Waals surface area contributed by atoms with Gasteiger partial charge in [-0.2, -0.15) is 0 Å². The zero-order chi connectivity index (χ0) is 23.1. The number of imide groups is 1. The van der Waals surface area contributed by atoms with Gasteiger partial charge in [0.2, 0.25) is 0 Å². The summed E-state index contributed by atoms with van der Waals surface area (Å²) >= 11 is 0. The molecule has 0 radical (unpaired) electrons. The summed E-state index contributed by atoms with van der Waals surface area (Å²) in [6, 6.07) is 15.4. The first-order valence-corrected chi connectivity index (χ1v) is 9.97. The molecule has 10 nitrogen and oxygen atoms in total. The van der Waals surface area contributed by atoms with Crippen LogP contribution < -0.4 is 16.4 Å². The molecule has 33 heavy (non-hydrogen) atoms. The lowest BCUT2D eigenvalue weighted by Gasteiger charge is -2.19. The lowest BCUT2D eigenvalue weighted by atomic mass is 9.95. The van der Waals surface area contributed by atoms with Crippen molar-refractivity contribution < 1.29 is 19.8 Å². The highest BCUT2D eigenvalue weighted by Crippen LogP contribution is 2.32. The van der Waals surface area contributed by atoms with Crippen LogP contribution in [0.25, 0.3) is 22.3 Å². The predicted octanol–water partition coefficient (Wildman–Crippen LogP) is 1.81. The molecule has 2 amide bonds. The van der Waals surface area contributed by atoms with E-state index >= 15 is 0 Å². The largest absolute Gasteiger partial charge is 0.504 e. The Bertz CT molecular complexity index is 1450. The SMILES string of the molecule is Nc1cc(CN/C=C2\C(=O)NC(=O)c3ccc(-n4nnc5ccccc54)cc32)cc(O)c1O. The minimum atomic E-state index is -0.548. The van der Waals surface area contributed by atoms with Crippen molar-refractivity contribution in [1.29, 1.82) is 0 Å². The Balaban J connectivity index is 1.51. The lowest BCUT2D eigenvalue weighted by molar-refractivity contribution is -0.114. The third-order valence-corrected chi connectivity index (χ3v) is 5.34. The molecule has 0 spiro atoms. The first-order valence-electron chi connectivity index (χ1n) is 9.97. The molecule has 0 aliphatic carbocycles. The minimum Gasteiger partial charge on any atom is -0.504 e. The minimum absolute atomic E-state index is 0.0375. The zero-order valence-corrected chi connectivity index (χ0v) is 17.1. The molecule has 1 aliphatic heterocycles. The fourth-order valence-corrected chi connectivity index (χ4v) is 3.72. The van der Waals surface area contributed by atoms with Crippen LogP contribution in [0.2, 0.25) is 0 Å². The monoisotopic (exact) mass is 442 g/mol. The van der Waals surface area contributed by atoms with E-state index in [1.807, 2.05) is 24.3 Å². The van der Waals surface area contributed by atoms with E-state index in [9.17, 15) is 19.8 Å². The molecule has 4 aromatic rings. The number of anilines is 1. The van der Waals surface area contributed by atoms with Crippen LogP contribution in [0.15, 0.2) is 60.8 Å². The van der Waals surface area contributed by atoms with Crippen LogP contribution in [0.5, 0.6) is 11.5 Å². The van der Waals surface area contributed by atoms with Crippen LogP contribution in [-0.4, -0.2) is 37.0 Å². The van der Waals surface area contributed by atoms with Gasteiger partial charge in [0.1, 0.15) is 5.52 Å². The Morgan fingerprint density at radius 2 is 1.85 bits per heavy atom. The molecular weight excluding hydrogens is 424 g/mol. The van der Waals surface area contributed by atoms with Crippen molar-refractivity contribution in [2.75, 3.05) is 5.73 Å². The Morgan fingerprint density at radius 1 is 1.03 bits per heavy atom. The number of amides is 2. The molecule has 2 heterocycles. The van der Waals surface area contributed by atoms with Gasteiger partial charge in [-0.05, 0) is 48.0 Å². The first-order chi connectivity index (χ1) is 15.9. The maximum atomic E-state index is 12.6. The molecule has 0 unspecified atom stereocenters. The van der Waals surface area contributed by atoms with Crippen molar-refractivity contribution in [1.82, 2.24) is 25.6 Å². The summed E-state index contributed by atoms with van der Waals surface area (Å²) in [5, 5.41) is 33.0. The fraction of sp³-hybridized carbons (Fsp3) is 0.0435. The smallest absolute Gasteiger partial charge is 0.260 e. The van der Waals surface area contributed by atoms with Crippen LogP contribution >= 0.6 is 0 Å². The van der Waals surface area contributed by atoms with E-state index in [4.69, 9.17) is 5.73 Å². The highest BCUT2D eigenvalue weighted by molar-refractivity contribution is 6.31. The molecule has 1 aromatic heterocycles. The number of benzene rings is 3. The third kappa shape index (κ3) is 3.49. The number of nitrogens with one attached hydrogen (secondary N) is 2. The van der Waals surface area contributed by atoms with Crippen molar-refractivity contribution in [2.45, 2.75) is 6.54 Å². The maximum absolute atomic E-state index is 12.6. The van der Waals surface area contributed by atoms with Crippen LogP contribution in [0, 0.1) is 0 Å². The summed E-state index contributed by atoms with van der Waals surface area (Å²) < 4.78 is 1.64. The molecule has 0 saturated carbocycles. The van der Waals surface area contributed by atoms with Gasteiger partial charge in [0.05, 0.1) is 22.5 Å². The molecule has 5 rings (SSSR count). The normalized spacial score (nSPS) is 14.4. The number of rotatable bonds is 4. The van der Waals surface area contributed by atoms with Gasteiger partial charge in [-0.3, -0.25) is 14.9 Å². The molecule has 0 saturated heterocycles. The van der Waals surface area contributed by atoms with Crippen molar-refractivity contribution in [2.24, 2.45) is 0 Å². The number of aromatic hydroxyl groups is 2. The Morgan fingerprint density at radius 3 is 2.67 bits per heavy atom. The number of aromatic nitrogens is 3. The van der Waals surface area contributed by atoms with Crippen molar-refractivity contribution in [3.63, 3.8) is 0 Å². The van der Waals surface area contributed by atoms with Crippen LogP contribution in [0.3, 0.4) is 0 Å². The van der Waals surface area contributed by atoms with E-state index in [0.717, 1.165) is 11.0 Å². The molecule has 0 bridgehead atoms. The summed E-state index contributed by atoms with van der Waals surface area (Å²) in [5.41, 5.74) is 9.51. The number of phenols is 2. The molecule has 1 aliphatic rings. The Kier molecular flexibility index (Phi) is 4.67. The van der Waals surface area contributed by atoms with E-state index in [0.29, 0.717) is 22.4 Å². The first kappa shape index (κ1) is 20.1. The third-order valence-electron chi connectivity index (χ3n) is 5.34. The highest BCUT2D eigenvalue weighted by Gasteiger charge is 2.28. The highest BCUT2D eigenvalue weighted by atomic mass is 16.3. The molecular formula is C23H18N6O4. The standard InChI is InChI=1S/C23H18N6O4/c24-17-7-12(8-20(30)21(17)31)10-25-11-16-15-9-13(5-6-14(15)22(32)26-23(16)33)29-19-4-2-1-3-18(19)27-28-29/h1-9,11,25,30-31H,10,24H2,(H,26,32,33)/b16-11-. The topological polar surface area (TPSA) is 155 Å². The van der Waals surface area contributed by atoms with Gasteiger partial charge in [0, 0.05) is 23.9 Å². The predicted molar refractivity (Wildman–Crippen MR) is 120 cm³/mol. The average molecular weight is 442 g/mol. The number of hydrogen-bond acceptors (Lipinski definition) is 8. The second-order valence-corrected chi connectivity index (χ2v) is 7.49. The number of nitrogen functional groups attached to an aromatic ring is 1. The molecule has 0 fully saturated rings. The van der Waals surface area contributed by atoms with Gasteiger partial charge in [0.15, 0.2) is 11.5 Å². The van der Waals surface area contributed by atoms with E-state index < -0.39 is 11.8 Å². The molecule has 164 valence electrons. The van der Waals surface area contributed by atoms with Crippen LogP contribution in [0.1, 0.15) is 21.5 Å². The van der Waals surface area contributed by atoms with Crippen LogP contribution in [0.4, 0.5) is 5.69 Å². The maximum Gasteiger partial charge on any atom is 0.260 e. The lowest BCUT2D eigenvalue weighted by Crippen LogP contribution is -2.37. The van der Waals surface area contributed by atoms with Gasteiger partial charge < -0.3 is 21.3 Å². The molecule has 3 aromatic carbocycles. The number of hydrogen-bond donors (Lipinski definition) is 5. The van der Waals surface area contributed by atoms with Gasteiger partial charge in [0.25, 0.3) is 11.8 Å². The summed E-state index contributed by atoms with van der Waals surface area (Å²) in [5.74, 6) is -1.76. The number of fused-ring (bicyclic) bond motifs is 2. The number of phenolic OH excluding ortho intramolecular Hbond substituents is 2. The number of para-hydroxylation sites is 1. The van der Waals surface area contributed by atoms with Gasteiger partial charge in [-0.1, -0.05) is 17.3 Å². The van der Waals surface area contributed by atoms with E-state index in [1.165, 1.54) is 18.3 Å². The second kappa shape index (κ2) is 7.68. The number of carbonyl (C=O) groups excluding carboxylic acids is 2. The van der Waals surface area contributed by atoms with Crippen LogP contribution in [-0.2, 0) is 11.3 Å². The number of nitrogens with two attached hydrogens (primary N) is 1. The molecule has 0 atom stereocenters. The second-order valence-electron chi connectivity index (χ2n) is 7.49. The van der Waals surface area contributed by atoms with E-state index in [-0.39, 0.29) is 29.3 Å². The Hall–Kier alpha value is -4.86. The van der Waals surface area contributed by atoms with E-state index in [2.05, 4.69) is 20.9 Å². The van der Waals surface area contributed by atoms with Crippen molar-refractivity contribution in [3.05, 3.63) is 77.5 Å². The fourth-order valence-electron chi connectivity index (χ4n) is 3.72. The number of carbonyl (C=O) groups is 2. The zero-order valence-electron chi connectivity index (χ0n) is 17.1. The Labute approximate surface area is 187 Å². The summed E-state index contributed by atoms with van der Waals surface area (Å²) in [6.07, 6.45) is 1.49. The molecule has 6 N–H and O–H groups in total. The molecule has 10 heteroatoms. The van der Waals surface area contributed by atoms with Gasteiger partial charge in [-0.25, -0.2) is 4.68 Å². The summed E-state index contributed by atoms with van der Waals surface area (Å²) in [6.45, 7) is 0.214.